The number of thiazole rings is 1. The number of anilines is 1. The maximum absolute atomic E-state index is 13.6. The van der Waals surface area contributed by atoms with E-state index in [-0.39, 0.29) is 11.7 Å². The van der Waals surface area contributed by atoms with Gasteiger partial charge in [0.05, 0.1) is 6.42 Å². The summed E-state index contributed by atoms with van der Waals surface area (Å²) in [6.45, 7) is 6.20. The third-order valence-electron chi connectivity index (χ3n) is 4.31. The number of piperazine rings is 1. The van der Waals surface area contributed by atoms with Crippen molar-refractivity contribution in [3.63, 3.8) is 0 Å². The number of nitrogens with zero attached hydrogens (tertiary/aromatic N) is 3. The Hall–Kier alpha value is -2.06. The van der Waals surface area contributed by atoms with Crippen LogP contribution in [0.5, 0.6) is 0 Å². The molecule has 1 fully saturated rings. The quantitative estimate of drug-likeness (QED) is 0.814. The van der Waals surface area contributed by atoms with Gasteiger partial charge < -0.3 is 15.1 Å². The van der Waals surface area contributed by atoms with Crippen molar-refractivity contribution in [2.75, 3.05) is 31.5 Å². The second kappa shape index (κ2) is 8.09. The van der Waals surface area contributed by atoms with Crippen molar-refractivity contribution in [1.82, 2.24) is 14.8 Å². The average Bonchev–Trinajstić information content (AvgIpc) is 3.03. The summed E-state index contributed by atoms with van der Waals surface area (Å²) in [6.07, 6.45) is 0.351. The van der Waals surface area contributed by atoms with Gasteiger partial charge in [-0.3, -0.25) is 4.79 Å². The zero-order valence-corrected chi connectivity index (χ0v) is 16.4. The second-order valence-electron chi connectivity index (χ2n) is 6.32. The third-order valence-corrected chi connectivity index (χ3v) is 5.64. The number of thiocarbonyl (C=S) groups is 1. The first-order chi connectivity index (χ1) is 12.4. The highest BCUT2D eigenvalue weighted by atomic mass is 32.1. The van der Waals surface area contributed by atoms with Crippen LogP contribution in [0.4, 0.5) is 10.1 Å². The lowest BCUT2D eigenvalue weighted by molar-refractivity contribution is -0.131. The summed E-state index contributed by atoms with van der Waals surface area (Å²) >= 11 is 6.94. The minimum atomic E-state index is -0.259. The standard InChI is InChI=1S/C18H21FN4OS2/c1-12-3-4-14(9-15(12)19)21-18(25)23-7-5-22(6-8-23)17(24)10-16-20-13(2)11-26-16/h3-4,9,11H,5-8,10H2,1-2H3,(H,21,25). The molecule has 0 spiro atoms. The zero-order chi connectivity index (χ0) is 18.7. The molecule has 5 nitrogen and oxygen atoms in total. The summed E-state index contributed by atoms with van der Waals surface area (Å²) in [4.78, 5) is 20.6. The molecule has 26 heavy (non-hydrogen) atoms. The van der Waals surface area contributed by atoms with Crippen LogP contribution in [0, 0.1) is 19.7 Å². The van der Waals surface area contributed by atoms with Crippen molar-refractivity contribution >= 4 is 40.3 Å². The molecule has 138 valence electrons. The Kier molecular flexibility index (Phi) is 5.83. The van der Waals surface area contributed by atoms with E-state index in [1.54, 1.807) is 19.1 Å². The number of benzene rings is 1. The monoisotopic (exact) mass is 392 g/mol. The molecule has 1 amide bonds. The van der Waals surface area contributed by atoms with Crippen molar-refractivity contribution in [2.45, 2.75) is 20.3 Å². The minimum absolute atomic E-state index is 0.0958. The first kappa shape index (κ1) is 18.7. The van der Waals surface area contributed by atoms with Crippen LogP contribution >= 0.6 is 23.6 Å². The highest BCUT2D eigenvalue weighted by Crippen LogP contribution is 2.15. The Balaban J connectivity index is 1.50. The summed E-state index contributed by atoms with van der Waals surface area (Å²) in [5.41, 5.74) is 2.19. The van der Waals surface area contributed by atoms with E-state index >= 15 is 0 Å². The molecule has 1 aliphatic heterocycles. The van der Waals surface area contributed by atoms with Gasteiger partial charge in [0.2, 0.25) is 5.91 Å². The molecular weight excluding hydrogens is 371 g/mol. The lowest BCUT2D eigenvalue weighted by Crippen LogP contribution is -2.52. The fraction of sp³-hybridized carbons (Fsp3) is 0.389. The molecule has 0 bridgehead atoms. The lowest BCUT2D eigenvalue weighted by Gasteiger charge is -2.36. The fourth-order valence-electron chi connectivity index (χ4n) is 2.76. The molecular formula is C18H21FN4OS2. The predicted octanol–water partition coefficient (Wildman–Crippen LogP) is 2.98. The van der Waals surface area contributed by atoms with E-state index in [9.17, 15) is 9.18 Å². The van der Waals surface area contributed by atoms with Crippen molar-refractivity contribution in [1.29, 1.82) is 0 Å². The first-order valence-electron chi connectivity index (χ1n) is 8.43. The Morgan fingerprint density at radius 2 is 1.96 bits per heavy atom. The number of halogens is 1. The van der Waals surface area contributed by atoms with Gasteiger partial charge in [-0.15, -0.1) is 11.3 Å². The normalized spacial score (nSPS) is 14.4. The Labute approximate surface area is 161 Å². The van der Waals surface area contributed by atoms with Gasteiger partial charge in [0.15, 0.2) is 5.11 Å². The number of aryl methyl sites for hydroxylation is 2. The fourth-order valence-corrected chi connectivity index (χ4v) is 3.82. The first-order valence-corrected chi connectivity index (χ1v) is 9.72. The maximum Gasteiger partial charge on any atom is 0.229 e. The van der Waals surface area contributed by atoms with Gasteiger partial charge in [-0.25, -0.2) is 9.37 Å². The van der Waals surface area contributed by atoms with Gasteiger partial charge in [0.25, 0.3) is 0 Å². The number of carbonyl (C=O) groups excluding carboxylic acids is 1. The molecule has 1 aromatic carbocycles. The summed E-state index contributed by atoms with van der Waals surface area (Å²) in [5, 5.41) is 6.44. The number of aromatic nitrogens is 1. The molecule has 0 aliphatic carbocycles. The number of nitrogens with one attached hydrogen (secondary N) is 1. The van der Waals surface area contributed by atoms with E-state index in [0.29, 0.717) is 49.0 Å². The smallest absolute Gasteiger partial charge is 0.229 e. The molecule has 1 saturated heterocycles. The molecule has 0 radical (unpaired) electrons. The summed E-state index contributed by atoms with van der Waals surface area (Å²) < 4.78 is 13.6. The van der Waals surface area contributed by atoms with Crippen LogP contribution in [-0.2, 0) is 11.2 Å². The number of rotatable bonds is 3. The molecule has 2 heterocycles. The van der Waals surface area contributed by atoms with Crippen LogP contribution in [0.15, 0.2) is 23.6 Å². The molecule has 1 aliphatic rings. The van der Waals surface area contributed by atoms with E-state index in [4.69, 9.17) is 12.2 Å². The van der Waals surface area contributed by atoms with Gasteiger partial charge >= 0.3 is 0 Å². The van der Waals surface area contributed by atoms with Crippen molar-refractivity contribution in [3.05, 3.63) is 45.7 Å². The molecule has 1 N–H and O–H groups in total. The molecule has 0 saturated carbocycles. The van der Waals surface area contributed by atoms with Crippen molar-refractivity contribution in [3.8, 4) is 0 Å². The highest BCUT2D eigenvalue weighted by Gasteiger charge is 2.23. The van der Waals surface area contributed by atoms with Crippen LogP contribution in [0.25, 0.3) is 0 Å². The number of hydrogen-bond donors (Lipinski definition) is 1. The van der Waals surface area contributed by atoms with Crippen molar-refractivity contribution < 1.29 is 9.18 Å². The van der Waals surface area contributed by atoms with Gasteiger partial charge in [-0.05, 0) is 43.8 Å². The van der Waals surface area contributed by atoms with Crippen LogP contribution in [0.1, 0.15) is 16.3 Å². The third kappa shape index (κ3) is 4.56. The zero-order valence-electron chi connectivity index (χ0n) is 14.8. The predicted molar refractivity (Wildman–Crippen MR) is 106 cm³/mol. The average molecular weight is 393 g/mol. The summed E-state index contributed by atoms with van der Waals surface area (Å²) in [5.74, 6) is -0.163. The van der Waals surface area contributed by atoms with Crippen LogP contribution < -0.4 is 5.32 Å². The van der Waals surface area contributed by atoms with Gasteiger partial charge in [0.1, 0.15) is 10.8 Å². The molecule has 3 rings (SSSR count). The highest BCUT2D eigenvalue weighted by molar-refractivity contribution is 7.80. The lowest BCUT2D eigenvalue weighted by atomic mass is 10.2. The topological polar surface area (TPSA) is 48.5 Å². The van der Waals surface area contributed by atoms with E-state index in [1.165, 1.54) is 17.4 Å². The van der Waals surface area contributed by atoms with E-state index in [0.717, 1.165) is 10.7 Å². The van der Waals surface area contributed by atoms with Crippen molar-refractivity contribution in [2.24, 2.45) is 0 Å². The van der Waals surface area contributed by atoms with E-state index < -0.39 is 0 Å². The molecule has 1 aromatic heterocycles. The Bertz CT molecular complexity index is 815. The van der Waals surface area contributed by atoms with Gasteiger partial charge in [-0.2, -0.15) is 0 Å². The molecule has 0 unspecified atom stereocenters. The van der Waals surface area contributed by atoms with Gasteiger partial charge in [-0.1, -0.05) is 6.07 Å². The number of carbonyl (C=O) groups is 1. The van der Waals surface area contributed by atoms with Gasteiger partial charge in [0, 0.05) is 42.9 Å². The van der Waals surface area contributed by atoms with E-state index in [2.05, 4.69) is 10.3 Å². The molecule has 0 atom stereocenters. The number of amides is 1. The summed E-state index contributed by atoms with van der Waals surface area (Å²) in [7, 11) is 0. The van der Waals surface area contributed by atoms with E-state index in [1.807, 2.05) is 22.1 Å². The maximum atomic E-state index is 13.6. The second-order valence-corrected chi connectivity index (χ2v) is 7.65. The minimum Gasteiger partial charge on any atom is -0.345 e. The Morgan fingerprint density at radius 1 is 1.27 bits per heavy atom. The molecule has 2 aromatic rings. The Morgan fingerprint density at radius 3 is 2.58 bits per heavy atom. The largest absolute Gasteiger partial charge is 0.345 e. The number of hydrogen-bond acceptors (Lipinski definition) is 4. The SMILES string of the molecule is Cc1csc(CC(=O)N2CCN(C(=S)Nc3ccc(C)c(F)c3)CC2)n1. The molecule has 8 heteroatoms. The van der Waals surface area contributed by atoms with Crippen LogP contribution in [0.3, 0.4) is 0 Å². The summed E-state index contributed by atoms with van der Waals surface area (Å²) in [6, 6.07) is 4.97. The van der Waals surface area contributed by atoms with Crippen LogP contribution in [-0.4, -0.2) is 52.0 Å². The van der Waals surface area contributed by atoms with Crippen LogP contribution in [0.2, 0.25) is 0 Å².